The Morgan fingerprint density at radius 3 is 2.28 bits per heavy atom. The minimum atomic E-state index is -0.989. The van der Waals surface area contributed by atoms with Gasteiger partial charge >= 0.3 is 6.03 Å². The van der Waals surface area contributed by atoms with E-state index >= 15 is 0 Å². The van der Waals surface area contributed by atoms with Gasteiger partial charge in [0, 0.05) is 14.2 Å². The number of carbonyl (C=O) groups is 2. The second-order valence-electron chi connectivity index (χ2n) is 6.62. The molecule has 9 nitrogen and oxygen atoms in total. The molecule has 0 saturated carbocycles. The predicted molar refractivity (Wildman–Crippen MR) is 88.3 cm³/mol. The molecule has 2 aliphatic heterocycles. The average molecular weight is 359 g/mol. The number of hydrogen-bond donors (Lipinski definition) is 1. The summed E-state index contributed by atoms with van der Waals surface area (Å²) < 4.78 is 16.0. The molecule has 0 unspecified atom stereocenters. The summed E-state index contributed by atoms with van der Waals surface area (Å²) in [5.74, 6) is -0.323. The van der Waals surface area contributed by atoms with Gasteiger partial charge in [0.1, 0.15) is 6.04 Å². The lowest BCUT2D eigenvalue weighted by Gasteiger charge is -2.41. The molecule has 0 radical (unpaired) electrons. The monoisotopic (exact) mass is 359 g/mol. The van der Waals surface area contributed by atoms with Crippen LogP contribution in [-0.2, 0) is 23.8 Å². The van der Waals surface area contributed by atoms with Crippen molar-refractivity contribution in [2.24, 2.45) is 0 Å². The Labute approximate surface area is 148 Å². The molecule has 1 N–H and O–H groups in total. The smallest absolute Gasteiger partial charge is 0.345 e. The fraction of sp³-hybridized carbons (Fsp3) is 0.875. The lowest BCUT2D eigenvalue weighted by molar-refractivity contribution is -0.302. The van der Waals surface area contributed by atoms with Crippen molar-refractivity contribution in [1.29, 1.82) is 0 Å². The summed E-state index contributed by atoms with van der Waals surface area (Å²) in [6.45, 7) is 6.11. The van der Waals surface area contributed by atoms with Gasteiger partial charge in [-0.3, -0.25) is 4.79 Å². The van der Waals surface area contributed by atoms with E-state index in [1.165, 1.54) is 0 Å². The predicted octanol–water partition coefficient (Wildman–Crippen LogP) is 0.693. The maximum Gasteiger partial charge on any atom is 0.345 e. The van der Waals surface area contributed by atoms with Gasteiger partial charge < -0.3 is 24.4 Å². The van der Waals surface area contributed by atoms with Crippen LogP contribution in [0.5, 0.6) is 0 Å². The molecule has 0 aromatic heterocycles. The third kappa shape index (κ3) is 4.60. The molecule has 25 heavy (non-hydrogen) atoms. The Balaban J connectivity index is 2.17. The Hall–Kier alpha value is -1.42. The molecule has 4 atom stereocenters. The van der Waals surface area contributed by atoms with Crippen LogP contribution >= 0.6 is 0 Å². The molecule has 0 aromatic rings. The Kier molecular flexibility index (Phi) is 7.00. The molecule has 0 spiro atoms. The van der Waals surface area contributed by atoms with Crippen LogP contribution in [-0.4, -0.2) is 80.0 Å². The molecule has 2 rings (SSSR count). The van der Waals surface area contributed by atoms with E-state index in [1.54, 1.807) is 26.0 Å². The van der Waals surface area contributed by atoms with E-state index in [4.69, 9.17) is 19.0 Å². The zero-order valence-corrected chi connectivity index (χ0v) is 15.6. The molecule has 144 valence electrons. The number of urea groups is 1. The SMILES string of the molecule is COC[C@H]1CC[C@H](COC)N1C(=O)N1O[C@@H](OC(C)C)NC(=O)[C@H]1C. The second-order valence-corrected chi connectivity index (χ2v) is 6.62. The first kappa shape index (κ1) is 19.9. The number of nitrogens with zero attached hydrogens (tertiary/aromatic N) is 2. The highest BCUT2D eigenvalue weighted by Gasteiger charge is 2.44. The van der Waals surface area contributed by atoms with Gasteiger partial charge in [0.15, 0.2) is 0 Å². The molecular formula is C16H29N3O6. The third-order valence-corrected chi connectivity index (χ3v) is 4.34. The van der Waals surface area contributed by atoms with Crippen LogP contribution in [0.2, 0.25) is 0 Å². The molecule has 2 heterocycles. The molecule has 2 saturated heterocycles. The minimum Gasteiger partial charge on any atom is -0.383 e. The zero-order chi connectivity index (χ0) is 18.6. The fourth-order valence-corrected chi connectivity index (χ4v) is 3.18. The van der Waals surface area contributed by atoms with Crippen molar-refractivity contribution < 1.29 is 28.6 Å². The minimum absolute atomic E-state index is 0.0806. The van der Waals surface area contributed by atoms with E-state index in [9.17, 15) is 9.59 Å². The average Bonchev–Trinajstić information content (AvgIpc) is 2.93. The highest BCUT2D eigenvalue weighted by Crippen LogP contribution is 2.28. The number of methoxy groups -OCH3 is 2. The van der Waals surface area contributed by atoms with E-state index < -0.39 is 12.5 Å². The first-order valence-electron chi connectivity index (χ1n) is 8.61. The van der Waals surface area contributed by atoms with E-state index in [-0.39, 0.29) is 30.1 Å². The quantitative estimate of drug-likeness (QED) is 0.751. The fourth-order valence-electron chi connectivity index (χ4n) is 3.18. The van der Waals surface area contributed by atoms with Crippen LogP contribution in [0.25, 0.3) is 0 Å². The van der Waals surface area contributed by atoms with Gasteiger partial charge in [-0.1, -0.05) is 0 Å². The number of carbonyl (C=O) groups excluding carboxylic acids is 2. The lowest BCUT2D eigenvalue weighted by atomic mass is 10.2. The maximum atomic E-state index is 13.1. The number of hydroxylamine groups is 2. The topological polar surface area (TPSA) is 89.6 Å². The highest BCUT2D eigenvalue weighted by molar-refractivity contribution is 5.87. The third-order valence-electron chi connectivity index (χ3n) is 4.34. The van der Waals surface area contributed by atoms with E-state index in [0.717, 1.165) is 17.9 Å². The van der Waals surface area contributed by atoms with Gasteiger partial charge in [-0.25, -0.2) is 9.63 Å². The highest BCUT2D eigenvalue weighted by atomic mass is 16.8. The van der Waals surface area contributed by atoms with E-state index in [1.807, 2.05) is 13.8 Å². The van der Waals surface area contributed by atoms with Gasteiger partial charge in [-0.2, -0.15) is 5.06 Å². The lowest BCUT2D eigenvalue weighted by Crippen LogP contribution is -2.63. The summed E-state index contributed by atoms with van der Waals surface area (Å²) in [6, 6.07) is -1.29. The molecule has 2 fully saturated rings. The molecule has 0 bridgehead atoms. The van der Waals surface area contributed by atoms with Gasteiger partial charge in [0.05, 0.1) is 31.4 Å². The summed E-state index contributed by atoms with van der Waals surface area (Å²) in [5, 5.41) is 3.70. The molecule has 3 amide bonds. The molecule has 0 aliphatic carbocycles. The van der Waals surface area contributed by atoms with Crippen molar-refractivity contribution in [3.63, 3.8) is 0 Å². The number of rotatable bonds is 6. The standard InChI is InChI=1S/C16H29N3O6/c1-10(2)24-15-17-14(20)11(3)19(25-15)16(21)18-12(8-22-4)6-7-13(18)9-23-5/h10-13,15H,6-9H2,1-5H3,(H,17,20)/t11-,12-,13-,15-/m1/s1. The zero-order valence-electron chi connectivity index (χ0n) is 15.6. The molecule has 2 aliphatic rings. The largest absolute Gasteiger partial charge is 0.383 e. The number of hydrogen-bond acceptors (Lipinski definition) is 6. The molecule has 9 heteroatoms. The van der Waals surface area contributed by atoms with Gasteiger partial charge in [0.2, 0.25) is 5.91 Å². The van der Waals surface area contributed by atoms with Gasteiger partial charge in [-0.15, -0.1) is 0 Å². The van der Waals surface area contributed by atoms with Crippen molar-refractivity contribution in [2.75, 3.05) is 27.4 Å². The first-order valence-corrected chi connectivity index (χ1v) is 8.61. The van der Waals surface area contributed by atoms with Crippen molar-refractivity contribution in [3.05, 3.63) is 0 Å². The van der Waals surface area contributed by atoms with Crippen molar-refractivity contribution in [1.82, 2.24) is 15.3 Å². The molecular weight excluding hydrogens is 330 g/mol. The Morgan fingerprint density at radius 2 is 1.80 bits per heavy atom. The Bertz CT molecular complexity index is 461. The first-order chi connectivity index (χ1) is 11.9. The Morgan fingerprint density at radius 1 is 1.24 bits per heavy atom. The molecule has 0 aromatic carbocycles. The number of nitrogens with one attached hydrogen (secondary N) is 1. The van der Waals surface area contributed by atoms with Crippen molar-refractivity contribution in [2.45, 2.75) is 64.3 Å². The second kappa shape index (κ2) is 8.79. The van der Waals surface area contributed by atoms with E-state index in [2.05, 4.69) is 5.32 Å². The van der Waals surface area contributed by atoms with Gasteiger partial charge in [0.25, 0.3) is 6.41 Å². The van der Waals surface area contributed by atoms with Crippen LogP contribution < -0.4 is 5.32 Å². The summed E-state index contributed by atoms with van der Waals surface area (Å²) in [7, 11) is 3.21. The maximum absolute atomic E-state index is 13.1. The number of likely N-dealkylation sites (tertiary alicyclic amines) is 1. The van der Waals surface area contributed by atoms with Crippen LogP contribution in [0.3, 0.4) is 0 Å². The normalized spacial score (nSPS) is 30.1. The number of ether oxygens (including phenoxy) is 3. The summed E-state index contributed by atoms with van der Waals surface area (Å²) >= 11 is 0. The number of amides is 3. The van der Waals surface area contributed by atoms with Crippen molar-refractivity contribution in [3.8, 4) is 0 Å². The summed E-state index contributed by atoms with van der Waals surface area (Å²) in [5.41, 5.74) is 0. The van der Waals surface area contributed by atoms with Crippen LogP contribution in [0.4, 0.5) is 4.79 Å². The summed E-state index contributed by atoms with van der Waals surface area (Å²) in [6.07, 6.45) is 0.476. The van der Waals surface area contributed by atoms with E-state index in [0.29, 0.717) is 13.2 Å². The van der Waals surface area contributed by atoms with Gasteiger partial charge in [-0.05, 0) is 33.6 Å². The van der Waals surface area contributed by atoms with Crippen LogP contribution in [0.15, 0.2) is 0 Å². The van der Waals surface area contributed by atoms with Crippen molar-refractivity contribution >= 4 is 11.9 Å². The summed E-state index contributed by atoms with van der Waals surface area (Å²) in [4.78, 5) is 32.7. The van der Waals surface area contributed by atoms with Crippen LogP contribution in [0.1, 0.15) is 33.6 Å². The van der Waals surface area contributed by atoms with Crippen LogP contribution in [0, 0.1) is 0 Å².